The zero-order chi connectivity index (χ0) is 15.0. The van der Waals surface area contributed by atoms with Crippen LogP contribution in [0.25, 0.3) is 0 Å². The summed E-state index contributed by atoms with van der Waals surface area (Å²) >= 11 is 0. The smallest absolute Gasteiger partial charge is 0.241 e. The lowest BCUT2D eigenvalue weighted by atomic mass is 9.97. The number of nitrogens with zero attached hydrogens (tertiary/aromatic N) is 2. The Hall–Kier alpha value is -1.39. The molecule has 2 aliphatic heterocycles. The van der Waals surface area contributed by atoms with Crippen LogP contribution in [0.1, 0.15) is 32.3 Å². The van der Waals surface area contributed by atoms with Gasteiger partial charge in [0.25, 0.3) is 0 Å². The number of amides is 1. The first kappa shape index (κ1) is 14.5. The number of benzene rings is 1. The van der Waals surface area contributed by atoms with E-state index in [2.05, 4.69) is 11.0 Å². The van der Waals surface area contributed by atoms with Crippen LogP contribution in [0.2, 0.25) is 0 Å². The summed E-state index contributed by atoms with van der Waals surface area (Å²) in [4.78, 5) is 16.7. The van der Waals surface area contributed by atoms with Crippen LogP contribution < -0.4 is 4.90 Å². The quantitative estimate of drug-likeness (QED) is 0.922. The Morgan fingerprint density at radius 2 is 2.10 bits per heavy atom. The Morgan fingerprint density at radius 3 is 2.86 bits per heavy atom. The third-order valence-electron chi connectivity index (χ3n) is 4.71. The summed E-state index contributed by atoms with van der Waals surface area (Å²) in [5.74, 6) is 0.149. The van der Waals surface area contributed by atoms with Gasteiger partial charge in [-0.15, -0.1) is 0 Å². The molecule has 2 heterocycles. The Bertz CT molecular complexity index is 536. The number of rotatable bonds is 3. The van der Waals surface area contributed by atoms with Crippen LogP contribution in [-0.2, 0) is 11.2 Å². The van der Waals surface area contributed by atoms with Crippen LogP contribution in [0.15, 0.2) is 24.3 Å². The van der Waals surface area contributed by atoms with E-state index in [0.717, 1.165) is 38.0 Å². The van der Waals surface area contributed by atoms with Crippen LogP contribution in [0.4, 0.5) is 5.69 Å². The molecule has 3 rings (SSSR count). The lowest BCUT2D eigenvalue weighted by Crippen LogP contribution is -2.49. The van der Waals surface area contributed by atoms with Gasteiger partial charge in [0.2, 0.25) is 5.91 Å². The summed E-state index contributed by atoms with van der Waals surface area (Å²) < 4.78 is 0. The average Bonchev–Trinajstić information content (AvgIpc) is 3.03. The molecule has 1 aromatic rings. The van der Waals surface area contributed by atoms with Gasteiger partial charge in [-0.2, -0.15) is 0 Å². The van der Waals surface area contributed by atoms with Gasteiger partial charge in [0.15, 0.2) is 0 Å². The van der Waals surface area contributed by atoms with Gasteiger partial charge in [0.1, 0.15) is 0 Å². The summed E-state index contributed by atoms with van der Waals surface area (Å²) in [6.45, 7) is 5.76. The maximum absolute atomic E-state index is 12.6. The molecule has 2 aliphatic rings. The first-order valence-corrected chi connectivity index (χ1v) is 7.81. The summed E-state index contributed by atoms with van der Waals surface area (Å²) in [7, 11) is 0. The van der Waals surface area contributed by atoms with Crippen LogP contribution in [0.5, 0.6) is 0 Å². The van der Waals surface area contributed by atoms with Crippen LogP contribution in [0, 0.1) is 0 Å². The van der Waals surface area contributed by atoms with Crippen molar-refractivity contribution in [2.45, 2.75) is 44.8 Å². The molecule has 1 aromatic carbocycles. The number of aliphatic hydroxyl groups is 1. The highest BCUT2D eigenvalue weighted by Gasteiger charge is 2.37. The van der Waals surface area contributed by atoms with E-state index in [0.29, 0.717) is 6.54 Å². The number of carbonyl (C=O) groups excluding carboxylic acids is 1. The minimum Gasteiger partial charge on any atom is -0.389 e. The molecule has 1 unspecified atom stereocenters. The van der Waals surface area contributed by atoms with Crippen molar-refractivity contribution < 1.29 is 9.90 Å². The molecular weight excluding hydrogens is 264 g/mol. The molecule has 1 atom stereocenters. The minimum atomic E-state index is -0.750. The number of anilines is 1. The number of hydrogen-bond acceptors (Lipinski definition) is 3. The summed E-state index contributed by atoms with van der Waals surface area (Å²) in [6.07, 6.45) is 2.96. The predicted octanol–water partition coefficient (Wildman–Crippen LogP) is 1.81. The molecule has 1 fully saturated rings. The number of likely N-dealkylation sites (tertiary alicyclic amines) is 1. The van der Waals surface area contributed by atoms with Crippen LogP contribution in [-0.4, -0.2) is 47.2 Å². The fraction of sp³-hybridized carbons (Fsp3) is 0.588. The van der Waals surface area contributed by atoms with E-state index < -0.39 is 5.60 Å². The maximum atomic E-state index is 12.6. The second-order valence-corrected chi connectivity index (χ2v) is 6.71. The van der Waals surface area contributed by atoms with E-state index >= 15 is 0 Å². The van der Waals surface area contributed by atoms with E-state index in [1.807, 2.05) is 36.9 Å². The van der Waals surface area contributed by atoms with Crippen molar-refractivity contribution in [1.29, 1.82) is 0 Å². The highest BCUT2D eigenvalue weighted by molar-refractivity contribution is 5.96. The lowest BCUT2D eigenvalue weighted by Gasteiger charge is -2.34. The lowest BCUT2D eigenvalue weighted by molar-refractivity contribution is -0.120. The number of para-hydroxylation sites is 1. The molecular formula is C17H24N2O2. The third kappa shape index (κ3) is 2.83. The van der Waals surface area contributed by atoms with Gasteiger partial charge < -0.3 is 10.0 Å². The van der Waals surface area contributed by atoms with Gasteiger partial charge >= 0.3 is 0 Å². The zero-order valence-corrected chi connectivity index (χ0v) is 12.9. The molecule has 4 heteroatoms. The molecule has 1 N–H and O–H groups in total. The Kier molecular flexibility index (Phi) is 3.76. The standard InChI is InChI=1S/C17H24N2O2/c1-17(2,21)15-8-5-10-18(15)12-16(20)19-11-9-13-6-3-4-7-14(13)19/h3-4,6-7,15,21H,5,8-12H2,1-2H3. The first-order valence-electron chi connectivity index (χ1n) is 7.81. The second-order valence-electron chi connectivity index (χ2n) is 6.71. The number of hydrogen-bond donors (Lipinski definition) is 1. The van der Waals surface area contributed by atoms with E-state index in [-0.39, 0.29) is 11.9 Å². The van der Waals surface area contributed by atoms with Gasteiger partial charge in [0.05, 0.1) is 12.1 Å². The van der Waals surface area contributed by atoms with Gasteiger partial charge in [-0.25, -0.2) is 0 Å². The third-order valence-corrected chi connectivity index (χ3v) is 4.71. The van der Waals surface area contributed by atoms with E-state index in [1.165, 1.54) is 5.56 Å². The summed E-state index contributed by atoms with van der Waals surface area (Å²) in [6, 6.07) is 8.21. The van der Waals surface area contributed by atoms with Crippen LogP contribution in [0.3, 0.4) is 0 Å². The zero-order valence-electron chi connectivity index (χ0n) is 12.9. The summed E-state index contributed by atoms with van der Waals surface area (Å²) in [5.41, 5.74) is 1.56. The molecule has 114 valence electrons. The number of carbonyl (C=O) groups is 1. The maximum Gasteiger partial charge on any atom is 0.241 e. The molecule has 0 aliphatic carbocycles. The topological polar surface area (TPSA) is 43.8 Å². The Balaban J connectivity index is 1.70. The van der Waals surface area contributed by atoms with Crippen molar-refractivity contribution in [1.82, 2.24) is 4.90 Å². The monoisotopic (exact) mass is 288 g/mol. The molecule has 1 amide bonds. The molecule has 0 bridgehead atoms. The van der Waals surface area contributed by atoms with Crippen molar-refractivity contribution in [2.24, 2.45) is 0 Å². The first-order chi connectivity index (χ1) is 9.97. The van der Waals surface area contributed by atoms with Crippen molar-refractivity contribution in [3.8, 4) is 0 Å². The van der Waals surface area contributed by atoms with Crippen molar-refractivity contribution in [3.05, 3.63) is 29.8 Å². The fourth-order valence-electron chi connectivity index (χ4n) is 3.67. The molecule has 0 radical (unpaired) electrons. The molecule has 1 saturated heterocycles. The average molecular weight is 288 g/mol. The van der Waals surface area contributed by atoms with Gasteiger partial charge in [-0.3, -0.25) is 9.69 Å². The Morgan fingerprint density at radius 1 is 1.33 bits per heavy atom. The Labute approximate surface area is 126 Å². The molecule has 0 aromatic heterocycles. The van der Waals surface area contributed by atoms with Gasteiger partial charge in [-0.05, 0) is 51.3 Å². The van der Waals surface area contributed by atoms with Crippen molar-refractivity contribution in [3.63, 3.8) is 0 Å². The van der Waals surface area contributed by atoms with Crippen molar-refractivity contribution >= 4 is 11.6 Å². The molecule has 4 nitrogen and oxygen atoms in total. The van der Waals surface area contributed by atoms with Crippen molar-refractivity contribution in [2.75, 3.05) is 24.5 Å². The van der Waals surface area contributed by atoms with E-state index in [1.54, 1.807) is 0 Å². The SMILES string of the molecule is CC(C)(O)C1CCCN1CC(=O)N1CCc2ccccc21. The molecule has 0 spiro atoms. The second kappa shape index (κ2) is 5.43. The van der Waals surface area contributed by atoms with E-state index in [9.17, 15) is 9.90 Å². The van der Waals surface area contributed by atoms with Gasteiger partial charge in [0, 0.05) is 18.3 Å². The van der Waals surface area contributed by atoms with Crippen LogP contribution >= 0.6 is 0 Å². The fourth-order valence-corrected chi connectivity index (χ4v) is 3.67. The molecule has 0 saturated carbocycles. The predicted molar refractivity (Wildman–Crippen MR) is 83.4 cm³/mol. The normalized spacial score (nSPS) is 22.6. The minimum absolute atomic E-state index is 0.0827. The number of fused-ring (bicyclic) bond motifs is 1. The highest BCUT2D eigenvalue weighted by Crippen LogP contribution is 2.30. The largest absolute Gasteiger partial charge is 0.389 e. The summed E-state index contributed by atoms with van der Waals surface area (Å²) in [5, 5.41) is 10.3. The molecule has 21 heavy (non-hydrogen) atoms. The highest BCUT2D eigenvalue weighted by atomic mass is 16.3. The van der Waals surface area contributed by atoms with Gasteiger partial charge in [-0.1, -0.05) is 18.2 Å². The van der Waals surface area contributed by atoms with E-state index in [4.69, 9.17) is 0 Å².